The van der Waals surface area contributed by atoms with Gasteiger partial charge in [-0.2, -0.15) is 5.26 Å². The number of rotatable bonds is 5. The summed E-state index contributed by atoms with van der Waals surface area (Å²) in [5.74, 6) is 0.799. The van der Waals surface area contributed by atoms with Gasteiger partial charge in [-0.25, -0.2) is 0 Å². The van der Waals surface area contributed by atoms with Crippen LogP contribution in [0.5, 0.6) is 11.5 Å². The van der Waals surface area contributed by atoms with Gasteiger partial charge in [0.1, 0.15) is 0 Å². The van der Waals surface area contributed by atoms with E-state index < -0.39 is 6.10 Å². The predicted octanol–water partition coefficient (Wildman–Crippen LogP) is 2.39. The highest BCUT2D eigenvalue weighted by molar-refractivity contribution is 5.81. The van der Waals surface area contributed by atoms with Crippen molar-refractivity contribution in [2.75, 3.05) is 7.11 Å². The molecule has 1 aliphatic rings. The lowest BCUT2D eigenvalue weighted by molar-refractivity contribution is -0.128. The zero-order valence-electron chi connectivity index (χ0n) is 12.4. The maximum absolute atomic E-state index is 12.1. The van der Waals surface area contributed by atoms with Gasteiger partial charge in [0.25, 0.3) is 5.91 Å². The highest BCUT2D eigenvalue weighted by atomic mass is 16.5. The second kappa shape index (κ2) is 6.98. The smallest absolute Gasteiger partial charge is 0.260 e. The Labute approximate surface area is 124 Å². The SMILES string of the molecule is COc1cc(C#N)ccc1O[C@H](C)C(=O)NC1CCCC1. The maximum atomic E-state index is 12.1. The van der Waals surface area contributed by atoms with Crippen LogP contribution in [0.4, 0.5) is 0 Å². The summed E-state index contributed by atoms with van der Waals surface area (Å²) in [5.41, 5.74) is 0.488. The molecule has 1 aromatic carbocycles. The van der Waals surface area contributed by atoms with Crippen molar-refractivity contribution in [2.24, 2.45) is 0 Å². The van der Waals surface area contributed by atoms with Gasteiger partial charge in [0.15, 0.2) is 17.6 Å². The zero-order valence-corrected chi connectivity index (χ0v) is 12.4. The molecule has 2 rings (SSSR count). The number of nitrogens with zero attached hydrogens (tertiary/aromatic N) is 1. The fourth-order valence-corrected chi connectivity index (χ4v) is 2.47. The van der Waals surface area contributed by atoms with E-state index in [1.54, 1.807) is 25.1 Å². The van der Waals surface area contributed by atoms with E-state index in [0.717, 1.165) is 12.8 Å². The molecule has 0 heterocycles. The summed E-state index contributed by atoms with van der Waals surface area (Å²) in [6.45, 7) is 1.71. The number of methoxy groups -OCH3 is 1. The first-order chi connectivity index (χ1) is 10.1. The van der Waals surface area contributed by atoms with Gasteiger partial charge in [-0.3, -0.25) is 4.79 Å². The number of hydrogen-bond donors (Lipinski definition) is 1. The van der Waals surface area contributed by atoms with Gasteiger partial charge in [-0.15, -0.1) is 0 Å². The second-order valence-corrected chi connectivity index (χ2v) is 5.23. The highest BCUT2D eigenvalue weighted by Crippen LogP contribution is 2.28. The van der Waals surface area contributed by atoms with Crippen LogP contribution in [-0.4, -0.2) is 25.2 Å². The van der Waals surface area contributed by atoms with Crippen LogP contribution >= 0.6 is 0 Å². The Kier molecular flexibility index (Phi) is 5.04. The number of amides is 1. The van der Waals surface area contributed by atoms with Crippen molar-refractivity contribution in [1.29, 1.82) is 5.26 Å². The Bertz CT molecular complexity index is 545. The molecule has 1 fully saturated rings. The molecule has 5 heteroatoms. The minimum absolute atomic E-state index is 0.117. The number of hydrogen-bond acceptors (Lipinski definition) is 4. The largest absolute Gasteiger partial charge is 0.493 e. The molecule has 0 bridgehead atoms. The second-order valence-electron chi connectivity index (χ2n) is 5.23. The molecular weight excluding hydrogens is 268 g/mol. The number of benzene rings is 1. The van der Waals surface area contributed by atoms with E-state index in [1.165, 1.54) is 20.0 Å². The van der Waals surface area contributed by atoms with E-state index in [0.29, 0.717) is 17.1 Å². The van der Waals surface area contributed by atoms with Gasteiger partial charge >= 0.3 is 0 Å². The third kappa shape index (κ3) is 3.88. The van der Waals surface area contributed by atoms with Crippen LogP contribution in [0, 0.1) is 11.3 Å². The van der Waals surface area contributed by atoms with E-state index >= 15 is 0 Å². The summed E-state index contributed by atoms with van der Waals surface area (Å²) in [4.78, 5) is 12.1. The Morgan fingerprint density at radius 3 is 2.71 bits per heavy atom. The van der Waals surface area contributed by atoms with E-state index in [9.17, 15) is 4.79 Å². The fraction of sp³-hybridized carbons (Fsp3) is 0.500. The molecule has 1 saturated carbocycles. The van der Waals surface area contributed by atoms with Gasteiger partial charge in [-0.1, -0.05) is 12.8 Å². The highest BCUT2D eigenvalue weighted by Gasteiger charge is 2.22. The van der Waals surface area contributed by atoms with Crippen LogP contribution < -0.4 is 14.8 Å². The topological polar surface area (TPSA) is 71.3 Å². The third-order valence-corrected chi connectivity index (χ3v) is 3.67. The monoisotopic (exact) mass is 288 g/mol. The molecule has 0 radical (unpaired) electrons. The summed E-state index contributed by atoms with van der Waals surface area (Å²) in [7, 11) is 1.51. The van der Waals surface area contributed by atoms with Crippen molar-refractivity contribution in [3.05, 3.63) is 23.8 Å². The van der Waals surface area contributed by atoms with E-state index in [2.05, 4.69) is 5.32 Å². The molecule has 5 nitrogen and oxygen atoms in total. The molecule has 112 valence electrons. The molecule has 1 aliphatic carbocycles. The Balaban J connectivity index is 1.99. The van der Waals surface area contributed by atoms with Gasteiger partial charge in [0.05, 0.1) is 18.7 Å². The first-order valence-electron chi connectivity index (χ1n) is 7.19. The first kappa shape index (κ1) is 15.2. The minimum atomic E-state index is -0.604. The average molecular weight is 288 g/mol. The van der Waals surface area contributed by atoms with Crippen LogP contribution in [0.1, 0.15) is 38.2 Å². The van der Waals surface area contributed by atoms with Gasteiger partial charge < -0.3 is 14.8 Å². The van der Waals surface area contributed by atoms with Crippen LogP contribution in [0.15, 0.2) is 18.2 Å². The number of nitrogens with one attached hydrogen (secondary N) is 1. The number of ether oxygens (including phenoxy) is 2. The summed E-state index contributed by atoms with van der Waals surface area (Å²) in [6, 6.07) is 7.19. The number of carbonyl (C=O) groups excluding carboxylic acids is 1. The number of carbonyl (C=O) groups is 1. The van der Waals surface area contributed by atoms with Crippen LogP contribution in [-0.2, 0) is 4.79 Å². The molecule has 0 saturated heterocycles. The Morgan fingerprint density at radius 1 is 1.38 bits per heavy atom. The molecular formula is C16H20N2O3. The molecule has 21 heavy (non-hydrogen) atoms. The summed E-state index contributed by atoms with van der Waals surface area (Å²) in [6.07, 6.45) is 3.82. The molecule has 1 atom stereocenters. The quantitative estimate of drug-likeness (QED) is 0.903. The fourth-order valence-electron chi connectivity index (χ4n) is 2.47. The summed E-state index contributed by atoms with van der Waals surface area (Å²) in [5, 5.41) is 11.9. The average Bonchev–Trinajstić information content (AvgIpc) is 3.00. The summed E-state index contributed by atoms with van der Waals surface area (Å²) >= 11 is 0. The standard InChI is InChI=1S/C16H20N2O3/c1-11(16(19)18-13-5-3-4-6-13)21-14-8-7-12(10-17)9-15(14)20-2/h7-9,11,13H,3-6H2,1-2H3,(H,18,19)/t11-/m1/s1. The number of nitriles is 1. The lowest BCUT2D eigenvalue weighted by Gasteiger charge is -2.19. The van der Waals surface area contributed by atoms with E-state index in [4.69, 9.17) is 14.7 Å². The van der Waals surface area contributed by atoms with E-state index in [1.807, 2.05) is 6.07 Å². The zero-order chi connectivity index (χ0) is 15.2. The molecule has 1 aromatic rings. The molecule has 0 aliphatic heterocycles. The minimum Gasteiger partial charge on any atom is -0.493 e. The molecule has 0 aromatic heterocycles. The Morgan fingerprint density at radius 2 is 2.10 bits per heavy atom. The van der Waals surface area contributed by atoms with Crippen molar-refractivity contribution in [2.45, 2.75) is 44.8 Å². The third-order valence-electron chi connectivity index (χ3n) is 3.67. The predicted molar refractivity (Wildman–Crippen MR) is 78.2 cm³/mol. The molecule has 1 N–H and O–H groups in total. The first-order valence-corrected chi connectivity index (χ1v) is 7.19. The Hall–Kier alpha value is -2.22. The van der Waals surface area contributed by atoms with Crippen molar-refractivity contribution in [3.63, 3.8) is 0 Å². The molecule has 0 unspecified atom stereocenters. The summed E-state index contributed by atoms with van der Waals surface area (Å²) < 4.78 is 10.9. The van der Waals surface area contributed by atoms with Crippen molar-refractivity contribution >= 4 is 5.91 Å². The lowest BCUT2D eigenvalue weighted by atomic mass is 10.2. The molecule has 1 amide bonds. The lowest BCUT2D eigenvalue weighted by Crippen LogP contribution is -2.41. The normalized spacial score (nSPS) is 16.0. The molecule has 0 spiro atoms. The van der Waals surface area contributed by atoms with Crippen LogP contribution in [0.25, 0.3) is 0 Å². The van der Waals surface area contributed by atoms with Gasteiger partial charge in [0.2, 0.25) is 0 Å². The van der Waals surface area contributed by atoms with Crippen LogP contribution in [0.2, 0.25) is 0 Å². The maximum Gasteiger partial charge on any atom is 0.260 e. The van der Waals surface area contributed by atoms with Crippen molar-refractivity contribution in [1.82, 2.24) is 5.32 Å². The van der Waals surface area contributed by atoms with Crippen LogP contribution in [0.3, 0.4) is 0 Å². The van der Waals surface area contributed by atoms with Crippen molar-refractivity contribution in [3.8, 4) is 17.6 Å². The van der Waals surface area contributed by atoms with Gasteiger partial charge in [-0.05, 0) is 31.9 Å². The van der Waals surface area contributed by atoms with Gasteiger partial charge in [0, 0.05) is 12.1 Å². The van der Waals surface area contributed by atoms with E-state index in [-0.39, 0.29) is 11.9 Å². The van der Waals surface area contributed by atoms with Crippen molar-refractivity contribution < 1.29 is 14.3 Å².